The average molecular weight is 467 g/mol. The molecule has 164 valence electrons. The number of para-hydroxylation sites is 1. The van der Waals surface area contributed by atoms with Crippen LogP contribution in [0.3, 0.4) is 0 Å². The van der Waals surface area contributed by atoms with Crippen LogP contribution < -0.4 is 14.3 Å². The number of thiazole rings is 1. The predicted molar refractivity (Wildman–Crippen MR) is 129 cm³/mol. The molecule has 0 aliphatic carbocycles. The van der Waals surface area contributed by atoms with Crippen molar-refractivity contribution in [3.8, 4) is 5.75 Å². The molecule has 0 aliphatic heterocycles. The third-order valence-electron chi connectivity index (χ3n) is 4.92. The lowest BCUT2D eigenvalue weighted by atomic mass is 10.1. The number of anilines is 1. The Morgan fingerprint density at radius 3 is 2.34 bits per heavy atom. The van der Waals surface area contributed by atoms with E-state index in [0.29, 0.717) is 17.1 Å². The lowest BCUT2D eigenvalue weighted by molar-refractivity contribution is 0.415. The maximum Gasteiger partial charge on any atom is 0.261 e. The molecule has 1 heterocycles. The van der Waals surface area contributed by atoms with Crippen molar-refractivity contribution in [3.63, 3.8) is 0 Å². The first-order valence-electron chi connectivity index (χ1n) is 9.77. The second kappa shape index (κ2) is 8.97. The van der Waals surface area contributed by atoms with Gasteiger partial charge in [0.2, 0.25) is 4.80 Å². The maximum absolute atomic E-state index is 12.7. The summed E-state index contributed by atoms with van der Waals surface area (Å²) in [6.07, 6.45) is 0. The zero-order chi connectivity index (χ0) is 22.7. The Morgan fingerprint density at radius 2 is 1.69 bits per heavy atom. The molecule has 0 atom stereocenters. The van der Waals surface area contributed by atoms with Crippen molar-refractivity contribution in [2.45, 2.75) is 11.8 Å². The number of nitrogens with one attached hydrogen (secondary N) is 1. The molecule has 0 saturated heterocycles. The summed E-state index contributed by atoms with van der Waals surface area (Å²) in [6, 6.07) is 21.3. The van der Waals surface area contributed by atoms with Crippen LogP contribution in [-0.4, -0.2) is 25.8 Å². The molecule has 7 nitrogen and oxygen atoms in total. The predicted octanol–water partition coefficient (Wildman–Crippen LogP) is 4.37. The first-order valence-corrected chi connectivity index (χ1v) is 12.1. The molecular formula is C23H22N4O3S2. The molecule has 4 aromatic rings. The van der Waals surface area contributed by atoms with Gasteiger partial charge in [-0.25, -0.2) is 8.42 Å². The van der Waals surface area contributed by atoms with Crippen LogP contribution in [-0.2, 0) is 17.1 Å². The van der Waals surface area contributed by atoms with Crippen molar-refractivity contribution in [1.29, 1.82) is 0 Å². The lowest BCUT2D eigenvalue weighted by Crippen LogP contribution is -2.13. The van der Waals surface area contributed by atoms with E-state index in [1.165, 1.54) is 0 Å². The molecule has 0 radical (unpaired) electrons. The summed E-state index contributed by atoms with van der Waals surface area (Å²) in [6.45, 7) is 1.84. The van der Waals surface area contributed by atoms with Crippen molar-refractivity contribution in [2.75, 3.05) is 11.8 Å². The van der Waals surface area contributed by atoms with Crippen LogP contribution in [0.1, 0.15) is 12.5 Å². The van der Waals surface area contributed by atoms with Crippen LogP contribution in [0, 0.1) is 0 Å². The van der Waals surface area contributed by atoms with E-state index in [1.54, 1.807) is 67.0 Å². The molecule has 9 heteroatoms. The molecule has 0 saturated carbocycles. The fourth-order valence-corrected chi connectivity index (χ4v) is 5.13. The highest BCUT2D eigenvalue weighted by molar-refractivity contribution is 7.92. The molecule has 3 aromatic carbocycles. The molecule has 0 unspecified atom stereocenters. The third kappa shape index (κ3) is 4.58. The zero-order valence-corrected chi connectivity index (χ0v) is 19.4. The summed E-state index contributed by atoms with van der Waals surface area (Å²) in [5.41, 5.74) is 3.04. The van der Waals surface area contributed by atoms with Crippen molar-refractivity contribution < 1.29 is 13.2 Å². The highest BCUT2D eigenvalue weighted by Crippen LogP contribution is 2.20. The highest BCUT2D eigenvalue weighted by Gasteiger charge is 2.14. The second-order valence-electron chi connectivity index (χ2n) is 7.06. The molecule has 1 aromatic heterocycles. The van der Waals surface area contributed by atoms with Gasteiger partial charge in [-0.2, -0.15) is 5.10 Å². The smallest absolute Gasteiger partial charge is 0.261 e. The largest absolute Gasteiger partial charge is 0.497 e. The molecule has 0 amide bonds. The fraction of sp³-hybridized carbons (Fsp3) is 0.130. The minimum atomic E-state index is -3.71. The van der Waals surface area contributed by atoms with Gasteiger partial charge in [-0.15, -0.1) is 5.10 Å². The van der Waals surface area contributed by atoms with Crippen molar-refractivity contribution in [3.05, 3.63) is 83.2 Å². The van der Waals surface area contributed by atoms with Gasteiger partial charge >= 0.3 is 0 Å². The van der Waals surface area contributed by atoms with Crippen LogP contribution in [0.2, 0.25) is 0 Å². The van der Waals surface area contributed by atoms with Crippen molar-refractivity contribution in [2.24, 2.45) is 17.3 Å². The highest BCUT2D eigenvalue weighted by atomic mass is 32.2. The van der Waals surface area contributed by atoms with Gasteiger partial charge in [-0.05, 0) is 61.0 Å². The van der Waals surface area contributed by atoms with E-state index in [2.05, 4.69) is 21.0 Å². The SMILES string of the molecule is COc1ccc(NS(=O)(=O)c2ccc(/C(C)=N\N=c3\sc4ccccc4n3C)cc2)cc1. The number of nitrogens with zero attached hydrogens (tertiary/aromatic N) is 3. The Balaban J connectivity index is 1.54. The number of ether oxygens (including phenoxy) is 1. The van der Waals surface area contributed by atoms with Crippen LogP contribution in [0.4, 0.5) is 5.69 Å². The number of sulfonamides is 1. The van der Waals surface area contributed by atoms with Crippen LogP contribution in [0.25, 0.3) is 10.2 Å². The quantitative estimate of drug-likeness (QED) is 0.338. The van der Waals surface area contributed by atoms with Crippen LogP contribution >= 0.6 is 11.3 Å². The number of rotatable bonds is 6. The van der Waals surface area contributed by atoms with E-state index in [4.69, 9.17) is 4.74 Å². The van der Waals surface area contributed by atoms with Gasteiger partial charge in [0.25, 0.3) is 10.0 Å². The van der Waals surface area contributed by atoms with E-state index in [-0.39, 0.29) is 4.90 Å². The minimum Gasteiger partial charge on any atom is -0.497 e. The van der Waals surface area contributed by atoms with E-state index < -0.39 is 10.0 Å². The van der Waals surface area contributed by atoms with Gasteiger partial charge < -0.3 is 9.30 Å². The number of benzene rings is 3. The van der Waals surface area contributed by atoms with Gasteiger partial charge in [0.1, 0.15) is 5.75 Å². The topological polar surface area (TPSA) is 85.0 Å². The van der Waals surface area contributed by atoms with Gasteiger partial charge in [0, 0.05) is 12.7 Å². The summed E-state index contributed by atoms with van der Waals surface area (Å²) >= 11 is 1.56. The molecule has 0 aliphatic rings. The summed E-state index contributed by atoms with van der Waals surface area (Å²) in [5, 5.41) is 8.74. The van der Waals surface area contributed by atoms with Gasteiger partial charge in [0.05, 0.1) is 27.9 Å². The molecule has 32 heavy (non-hydrogen) atoms. The molecule has 0 bridgehead atoms. The van der Waals surface area contributed by atoms with Crippen LogP contribution in [0.15, 0.2) is 87.9 Å². The summed E-state index contributed by atoms with van der Waals surface area (Å²) in [5.74, 6) is 0.654. The number of aryl methyl sites for hydroxylation is 1. The Morgan fingerprint density at radius 1 is 1.00 bits per heavy atom. The number of hydrogen-bond acceptors (Lipinski definition) is 6. The summed E-state index contributed by atoms with van der Waals surface area (Å²) in [7, 11) is -0.193. The van der Waals surface area contributed by atoms with E-state index >= 15 is 0 Å². The first-order chi connectivity index (χ1) is 15.4. The van der Waals surface area contributed by atoms with Gasteiger partial charge in [0.15, 0.2) is 0 Å². The van der Waals surface area contributed by atoms with Gasteiger partial charge in [-0.1, -0.05) is 35.6 Å². The Labute approximate surface area is 190 Å². The number of hydrogen-bond donors (Lipinski definition) is 1. The van der Waals surface area contributed by atoms with Crippen molar-refractivity contribution >= 4 is 43.0 Å². The second-order valence-corrected chi connectivity index (χ2v) is 9.75. The standard InChI is InChI=1S/C23H22N4O3S2/c1-16(24-25-23-27(2)21-6-4-5-7-22(21)31-23)17-8-14-20(15-9-17)32(28,29)26-18-10-12-19(30-3)13-11-18/h4-15,26H,1-3H3/b24-16-,25-23+. The van der Waals surface area contributed by atoms with E-state index in [1.807, 2.05) is 36.7 Å². The molecule has 0 spiro atoms. The summed E-state index contributed by atoms with van der Waals surface area (Å²) < 4.78 is 36.2. The maximum atomic E-state index is 12.7. The Hall–Kier alpha value is -3.43. The Kier molecular flexibility index (Phi) is 6.11. The number of fused-ring (bicyclic) bond motifs is 1. The Bertz CT molecular complexity index is 1450. The molecule has 1 N–H and O–H groups in total. The first kappa shape index (κ1) is 21.8. The summed E-state index contributed by atoms with van der Waals surface area (Å²) in [4.78, 5) is 0.950. The zero-order valence-electron chi connectivity index (χ0n) is 17.8. The normalized spacial score (nSPS) is 12.8. The van der Waals surface area contributed by atoms with E-state index in [9.17, 15) is 8.42 Å². The van der Waals surface area contributed by atoms with E-state index in [0.717, 1.165) is 20.6 Å². The van der Waals surface area contributed by atoms with Gasteiger partial charge in [-0.3, -0.25) is 4.72 Å². The number of aromatic nitrogens is 1. The monoisotopic (exact) mass is 466 g/mol. The lowest BCUT2D eigenvalue weighted by Gasteiger charge is -2.09. The fourth-order valence-electron chi connectivity index (χ4n) is 3.10. The number of methoxy groups -OCH3 is 1. The van der Waals surface area contributed by atoms with Crippen LogP contribution in [0.5, 0.6) is 5.75 Å². The van der Waals surface area contributed by atoms with Crippen molar-refractivity contribution in [1.82, 2.24) is 4.57 Å². The third-order valence-corrected chi connectivity index (χ3v) is 7.43. The molecular weight excluding hydrogens is 444 g/mol. The average Bonchev–Trinajstić information content (AvgIpc) is 3.13. The molecule has 0 fully saturated rings. The minimum absolute atomic E-state index is 0.165. The molecule has 4 rings (SSSR count).